The van der Waals surface area contributed by atoms with Gasteiger partial charge in [0.05, 0.1) is 0 Å². The third-order valence-electron chi connectivity index (χ3n) is 4.50. The van der Waals surface area contributed by atoms with E-state index in [-0.39, 0.29) is 23.7 Å². The molecule has 0 aliphatic carbocycles. The largest absolute Gasteiger partial charge is 0.451 e. The first-order chi connectivity index (χ1) is 11.9. The van der Waals surface area contributed by atoms with E-state index in [1.807, 2.05) is 18.2 Å². The van der Waals surface area contributed by atoms with Crippen molar-refractivity contribution in [2.45, 2.75) is 32.6 Å². The van der Waals surface area contributed by atoms with E-state index in [1.54, 1.807) is 6.07 Å². The molecule has 2 N–H and O–H groups in total. The maximum Gasteiger partial charge on any atom is 0.287 e. The number of carbonyl (C=O) groups excluding carboxylic acids is 1. The third-order valence-corrected chi connectivity index (χ3v) is 4.50. The third kappa shape index (κ3) is 4.99. The summed E-state index contributed by atoms with van der Waals surface area (Å²) in [5, 5.41) is 6.19. The van der Waals surface area contributed by atoms with Crippen LogP contribution >= 0.6 is 12.4 Å². The molecule has 1 aliphatic rings. The number of amides is 1. The van der Waals surface area contributed by atoms with Gasteiger partial charge < -0.3 is 15.1 Å². The fourth-order valence-corrected chi connectivity index (χ4v) is 2.86. The molecule has 0 unspecified atom stereocenters. The molecule has 0 saturated carbocycles. The number of nitrogens with one attached hydrogen (secondary N) is 2. The first kappa shape index (κ1) is 20.3. The van der Waals surface area contributed by atoms with Crippen LogP contribution in [0.2, 0.25) is 0 Å². The highest BCUT2D eigenvalue weighted by Gasteiger charge is 2.15. The SMILES string of the molecule is CC(C)(C)c1ccc(-c2ccc(C(=O)NCC3=CCNCC3)o2)cc1.Cl. The number of rotatable bonds is 4. The Labute approximate surface area is 161 Å². The van der Waals surface area contributed by atoms with Gasteiger partial charge in [-0.25, -0.2) is 0 Å². The Bertz CT molecular complexity index is 770. The highest BCUT2D eigenvalue weighted by Crippen LogP contribution is 2.27. The van der Waals surface area contributed by atoms with Crippen LogP contribution in [0.25, 0.3) is 11.3 Å². The Kier molecular flexibility index (Phi) is 6.68. The molecule has 5 heteroatoms. The zero-order valence-corrected chi connectivity index (χ0v) is 16.4. The maximum atomic E-state index is 12.3. The predicted molar refractivity (Wildman–Crippen MR) is 108 cm³/mol. The Hall–Kier alpha value is -2.04. The Morgan fingerprint density at radius 3 is 2.50 bits per heavy atom. The van der Waals surface area contributed by atoms with Crippen molar-refractivity contribution >= 4 is 18.3 Å². The molecule has 0 atom stereocenters. The van der Waals surface area contributed by atoms with Crippen molar-refractivity contribution in [2.24, 2.45) is 0 Å². The van der Waals surface area contributed by atoms with E-state index < -0.39 is 0 Å². The lowest BCUT2D eigenvalue weighted by molar-refractivity contribution is 0.0930. The summed E-state index contributed by atoms with van der Waals surface area (Å²) in [4.78, 5) is 12.3. The summed E-state index contributed by atoms with van der Waals surface area (Å²) in [7, 11) is 0. The van der Waals surface area contributed by atoms with Crippen molar-refractivity contribution in [1.29, 1.82) is 0 Å². The number of hydrogen-bond donors (Lipinski definition) is 2. The molecule has 0 spiro atoms. The van der Waals surface area contributed by atoms with Crippen LogP contribution in [0.15, 0.2) is 52.5 Å². The number of furan rings is 1. The highest BCUT2D eigenvalue weighted by molar-refractivity contribution is 5.92. The van der Waals surface area contributed by atoms with E-state index in [1.165, 1.54) is 11.1 Å². The lowest BCUT2D eigenvalue weighted by atomic mass is 9.86. The van der Waals surface area contributed by atoms with Crippen molar-refractivity contribution < 1.29 is 9.21 Å². The fraction of sp³-hybridized carbons (Fsp3) is 0.381. The first-order valence-corrected chi connectivity index (χ1v) is 8.81. The second-order valence-corrected chi connectivity index (χ2v) is 7.49. The molecule has 26 heavy (non-hydrogen) atoms. The monoisotopic (exact) mass is 374 g/mol. The maximum absolute atomic E-state index is 12.3. The van der Waals surface area contributed by atoms with Crippen molar-refractivity contribution in [3.05, 3.63) is 59.4 Å². The zero-order valence-electron chi connectivity index (χ0n) is 15.6. The average molecular weight is 375 g/mol. The van der Waals surface area contributed by atoms with E-state index in [4.69, 9.17) is 4.42 Å². The van der Waals surface area contributed by atoms with Crippen LogP contribution in [0.5, 0.6) is 0 Å². The van der Waals surface area contributed by atoms with Gasteiger partial charge in [-0.2, -0.15) is 0 Å². The van der Waals surface area contributed by atoms with Gasteiger partial charge in [0, 0.05) is 18.7 Å². The quantitative estimate of drug-likeness (QED) is 0.784. The molecule has 2 heterocycles. The smallest absolute Gasteiger partial charge is 0.287 e. The Morgan fingerprint density at radius 1 is 1.15 bits per heavy atom. The lowest BCUT2D eigenvalue weighted by Crippen LogP contribution is -2.29. The molecule has 1 amide bonds. The van der Waals surface area contributed by atoms with Crippen molar-refractivity contribution in [3.63, 3.8) is 0 Å². The van der Waals surface area contributed by atoms with Crippen LogP contribution in [0.4, 0.5) is 0 Å². The number of carbonyl (C=O) groups is 1. The molecule has 0 bridgehead atoms. The van der Waals surface area contributed by atoms with E-state index in [2.05, 4.69) is 49.6 Å². The molecule has 0 radical (unpaired) electrons. The van der Waals surface area contributed by atoms with Gasteiger partial charge in [-0.3, -0.25) is 4.79 Å². The normalized spacial score (nSPS) is 14.3. The average Bonchev–Trinajstić information content (AvgIpc) is 3.10. The first-order valence-electron chi connectivity index (χ1n) is 8.81. The molecule has 2 aromatic rings. The molecule has 0 fully saturated rings. The molecule has 140 valence electrons. The summed E-state index contributed by atoms with van der Waals surface area (Å²) >= 11 is 0. The summed E-state index contributed by atoms with van der Waals surface area (Å²) in [6, 6.07) is 11.9. The number of hydrogen-bond acceptors (Lipinski definition) is 3. The minimum atomic E-state index is -0.169. The molecule has 1 aromatic heterocycles. The Morgan fingerprint density at radius 2 is 1.88 bits per heavy atom. The van der Waals surface area contributed by atoms with Gasteiger partial charge in [0.1, 0.15) is 5.76 Å². The van der Waals surface area contributed by atoms with Gasteiger partial charge in [-0.15, -0.1) is 12.4 Å². The van der Waals surface area contributed by atoms with Gasteiger partial charge in [-0.1, -0.05) is 56.7 Å². The van der Waals surface area contributed by atoms with E-state index in [9.17, 15) is 4.79 Å². The minimum absolute atomic E-state index is 0. The van der Waals surface area contributed by atoms with Crippen molar-refractivity contribution in [2.75, 3.05) is 19.6 Å². The Balaban J connectivity index is 0.00000243. The van der Waals surface area contributed by atoms with Crippen molar-refractivity contribution in [1.82, 2.24) is 10.6 Å². The van der Waals surface area contributed by atoms with Gasteiger partial charge >= 0.3 is 0 Å². The van der Waals surface area contributed by atoms with Crippen LogP contribution in [0.3, 0.4) is 0 Å². The van der Waals surface area contributed by atoms with Crippen LogP contribution in [0, 0.1) is 0 Å². The van der Waals surface area contributed by atoms with Crippen molar-refractivity contribution in [3.8, 4) is 11.3 Å². The summed E-state index contributed by atoms with van der Waals surface area (Å²) in [5.74, 6) is 0.896. The molecule has 0 saturated heterocycles. The van der Waals surface area contributed by atoms with E-state index >= 15 is 0 Å². The van der Waals surface area contributed by atoms with E-state index in [0.29, 0.717) is 18.1 Å². The summed E-state index contributed by atoms with van der Waals surface area (Å²) < 4.78 is 5.75. The van der Waals surface area contributed by atoms with Gasteiger partial charge in [0.2, 0.25) is 0 Å². The minimum Gasteiger partial charge on any atom is -0.451 e. The molecule has 1 aliphatic heterocycles. The summed E-state index contributed by atoms with van der Waals surface area (Å²) in [6.45, 7) is 8.99. The lowest BCUT2D eigenvalue weighted by Gasteiger charge is -2.18. The standard InChI is InChI=1S/C21H26N2O2.ClH/c1-21(2,3)17-6-4-16(5-7-17)18-8-9-19(25-18)20(24)23-14-15-10-12-22-13-11-15;/h4-10,22H,11-14H2,1-3H3,(H,23,24);1H. The number of benzene rings is 1. The molecule has 4 nitrogen and oxygen atoms in total. The molecule has 1 aromatic carbocycles. The highest BCUT2D eigenvalue weighted by atomic mass is 35.5. The second-order valence-electron chi connectivity index (χ2n) is 7.49. The fourth-order valence-electron chi connectivity index (χ4n) is 2.86. The molecular formula is C21H27ClN2O2. The van der Waals surface area contributed by atoms with Gasteiger partial charge in [0.25, 0.3) is 5.91 Å². The summed E-state index contributed by atoms with van der Waals surface area (Å²) in [5.41, 5.74) is 3.64. The second kappa shape index (κ2) is 8.56. The zero-order chi connectivity index (χ0) is 17.9. The van der Waals surface area contributed by atoms with Crippen LogP contribution < -0.4 is 10.6 Å². The van der Waals surface area contributed by atoms with Gasteiger partial charge in [0.15, 0.2) is 5.76 Å². The van der Waals surface area contributed by atoms with E-state index in [0.717, 1.165) is 25.1 Å². The van der Waals surface area contributed by atoms with Gasteiger partial charge in [-0.05, 0) is 36.1 Å². The predicted octanol–water partition coefficient (Wildman–Crippen LogP) is 4.32. The molecular weight excluding hydrogens is 348 g/mol. The summed E-state index contributed by atoms with van der Waals surface area (Å²) in [6.07, 6.45) is 3.11. The van der Waals surface area contributed by atoms with Crippen LogP contribution in [-0.4, -0.2) is 25.5 Å². The molecule has 3 rings (SSSR count). The number of halogens is 1. The van der Waals surface area contributed by atoms with Crippen LogP contribution in [0.1, 0.15) is 43.3 Å². The van der Waals surface area contributed by atoms with Crippen LogP contribution in [-0.2, 0) is 5.41 Å². The topological polar surface area (TPSA) is 54.3 Å².